The molecule has 22 heavy (non-hydrogen) atoms. The summed E-state index contributed by atoms with van der Waals surface area (Å²) < 4.78 is 0. The zero-order valence-corrected chi connectivity index (χ0v) is 14.3. The van der Waals surface area contributed by atoms with Crippen LogP contribution in [0.15, 0.2) is 11.8 Å². The van der Waals surface area contributed by atoms with Gasteiger partial charge < -0.3 is 5.11 Å². The maximum absolute atomic E-state index is 11.9. The highest BCUT2D eigenvalue weighted by Crippen LogP contribution is 2.67. The fraction of sp³-hybridized carbons (Fsp3) is 0.850. The summed E-state index contributed by atoms with van der Waals surface area (Å²) in [6.45, 7) is 7.23. The maximum Gasteiger partial charge on any atom is 0.159 e. The van der Waals surface area contributed by atoms with E-state index in [2.05, 4.69) is 20.8 Å². The number of aliphatic hydroxyl groups excluding tert-OH is 1. The number of ketones is 1. The smallest absolute Gasteiger partial charge is 0.159 e. The lowest BCUT2D eigenvalue weighted by atomic mass is 9.45. The largest absolute Gasteiger partial charge is 0.512 e. The fourth-order valence-corrected chi connectivity index (χ4v) is 7.02. The summed E-state index contributed by atoms with van der Waals surface area (Å²) in [4.78, 5) is 11.9. The van der Waals surface area contributed by atoms with Crippen LogP contribution in [-0.2, 0) is 4.79 Å². The van der Waals surface area contributed by atoms with Crippen molar-refractivity contribution in [2.75, 3.05) is 0 Å². The van der Waals surface area contributed by atoms with Crippen molar-refractivity contribution in [3.05, 3.63) is 11.8 Å². The van der Waals surface area contributed by atoms with Gasteiger partial charge in [0, 0.05) is 17.9 Å². The molecule has 0 aliphatic heterocycles. The second-order valence-corrected chi connectivity index (χ2v) is 9.16. The second kappa shape index (κ2) is 4.61. The van der Waals surface area contributed by atoms with Gasteiger partial charge in [0.1, 0.15) is 5.76 Å². The number of carbonyl (C=O) groups excluding carboxylic acids is 1. The van der Waals surface area contributed by atoms with E-state index in [4.69, 9.17) is 0 Å². The van der Waals surface area contributed by atoms with Crippen LogP contribution in [0, 0.1) is 40.4 Å². The van der Waals surface area contributed by atoms with E-state index in [9.17, 15) is 9.90 Å². The van der Waals surface area contributed by atoms with E-state index in [1.165, 1.54) is 32.1 Å². The van der Waals surface area contributed by atoms with Crippen LogP contribution in [0.4, 0.5) is 0 Å². The minimum absolute atomic E-state index is 0.133. The molecule has 122 valence electrons. The Kier molecular flexibility index (Phi) is 3.10. The summed E-state index contributed by atoms with van der Waals surface area (Å²) in [5.74, 6) is 3.93. The molecule has 0 spiro atoms. The van der Waals surface area contributed by atoms with Crippen molar-refractivity contribution in [1.82, 2.24) is 0 Å². The lowest BCUT2D eigenvalue weighted by Crippen LogP contribution is -2.53. The van der Waals surface area contributed by atoms with Gasteiger partial charge in [-0.2, -0.15) is 0 Å². The number of carbonyl (C=O) groups is 1. The molecule has 0 radical (unpaired) electrons. The summed E-state index contributed by atoms with van der Waals surface area (Å²) in [6.07, 6.45) is 9.91. The Hall–Kier alpha value is -0.790. The normalized spacial score (nSPS) is 54.2. The third-order valence-electron chi connectivity index (χ3n) is 8.68. The van der Waals surface area contributed by atoms with Gasteiger partial charge in [0.25, 0.3) is 0 Å². The second-order valence-electron chi connectivity index (χ2n) is 9.16. The van der Waals surface area contributed by atoms with Crippen molar-refractivity contribution < 1.29 is 9.90 Å². The van der Waals surface area contributed by atoms with Crippen molar-refractivity contribution >= 4 is 5.78 Å². The first-order chi connectivity index (χ1) is 10.4. The molecule has 1 N–H and O–H groups in total. The SMILES string of the molecule is C[C@@H]1CC[C@H]2[C@@H]3CC[C@H]4CC(=O)C=C(O)[C@]4(C)[C@H]3CC[C@]12C. The summed E-state index contributed by atoms with van der Waals surface area (Å²) in [5.41, 5.74) is 0.387. The van der Waals surface area contributed by atoms with Crippen molar-refractivity contribution in [1.29, 1.82) is 0 Å². The molecule has 0 aromatic carbocycles. The van der Waals surface area contributed by atoms with Gasteiger partial charge in [-0.25, -0.2) is 0 Å². The Labute approximate surface area is 134 Å². The van der Waals surface area contributed by atoms with E-state index in [-0.39, 0.29) is 11.2 Å². The first kappa shape index (κ1) is 14.8. The molecule has 4 aliphatic rings. The Bertz CT molecular complexity index is 536. The van der Waals surface area contributed by atoms with Gasteiger partial charge in [-0.3, -0.25) is 4.79 Å². The molecule has 2 heteroatoms. The van der Waals surface area contributed by atoms with Gasteiger partial charge in [0.05, 0.1) is 0 Å². The molecule has 3 fully saturated rings. The zero-order valence-electron chi connectivity index (χ0n) is 14.3. The number of hydrogen-bond acceptors (Lipinski definition) is 2. The van der Waals surface area contributed by atoms with Crippen LogP contribution in [-0.4, -0.2) is 10.9 Å². The Morgan fingerprint density at radius 2 is 1.86 bits per heavy atom. The molecular weight excluding hydrogens is 272 g/mol. The number of fused-ring (bicyclic) bond motifs is 5. The third kappa shape index (κ3) is 1.70. The first-order valence-corrected chi connectivity index (χ1v) is 9.31. The first-order valence-electron chi connectivity index (χ1n) is 9.31. The molecule has 0 heterocycles. The van der Waals surface area contributed by atoms with Gasteiger partial charge in [0.15, 0.2) is 5.78 Å². The van der Waals surface area contributed by atoms with Crippen LogP contribution in [0.3, 0.4) is 0 Å². The average molecular weight is 302 g/mol. The zero-order chi connectivity index (χ0) is 15.7. The Morgan fingerprint density at radius 3 is 2.64 bits per heavy atom. The molecule has 2 nitrogen and oxygen atoms in total. The lowest BCUT2D eigenvalue weighted by molar-refractivity contribution is -0.127. The minimum Gasteiger partial charge on any atom is -0.512 e. The number of hydrogen-bond donors (Lipinski definition) is 1. The van der Waals surface area contributed by atoms with E-state index >= 15 is 0 Å². The van der Waals surface area contributed by atoms with E-state index < -0.39 is 0 Å². The van der Waals surface area contributed by atoms with Crippen molar-refractivity contribution in [2.24, 2.45) is 40.4 Å². The fourth-order valence-electron chi connectivity index (χ4n) is 7.02. The monoisotopic (exact) mass is 302 g/mol. The van der Waals surface area contributed by atoms with Crippen LogP contribution < -0.4 is 0 Å². The van der Waals surface area contributed by atoms with E-state index in [0.29, 0.717) is 29.4 Å². The van der Waals surface area contributed by atoms with E-state index in [1.54, 1.807) is 6.08 Å². The van der Waals surface area contributed by atoms with Gasteiger partial charge in [-0.1, -0.05) is 20.8 Å². The summed E-state index contributed by atoms with van der Waals surface area (Å²) in [5, 5.41) is 10.7. The number of allylic oxidation sites excluding steroid dienone is 2. The molecule has 4 rings (SSSR count). The molecule has 0 saturated heterocycles. The van der Waals surface area contributed by atoms with Crippen LogP contribution in [0.5, 0.6) is 0 Å². The Morgan fingerprint density at radius 1 is 1.09 bits per heavy atom. The molecule has 0 aromatic rings. The number of rotatable bonds is 0. The quantitative estimate of drug-likeness (QED) is 0.691. The van der Waals surface area contributed by atoms with Gasteiger partial charge in [0.2, 0.25) is 0 Å². The molecule has 0 bridgehead atoms. The lowest BCUT2D eigenvalue weighted by Gasteiger charge is -2.59. The van der Waals surface area contributed by atoms with Gasteiger partial charge in [-0.15, -0.1) is 0 Å². The molecule has 0 amide bonds. The summed E-state index contributed by atoms with van der Waals surface area (Å²) in [7, 11) is 0. The van der Waals surface area contributed by atoms with Crippen LogP contribution in [0.1, 0.15) is 65.7 Å². The molecular formula is C20H30O2. The molecule has 4 aliphatic carbocycles. The van der Waals surface area contributed by atoms with Gasteiger partial charge in [-0.05, 0) is 73.5 Å². The third-order valence-corrected chi connectivity index (χ3v) is 8.68. The van der Waals surface area contributed by atoms with E-state index in [0.717, 1.165) is 24.2 Å². The van der Waals surface area contributed by atoms with Crippen LogP contribution in [0.25, 0.3) is 0 Å². The highest BCUT2D eigenvalue weighted by molar-refractivity contribution is 5.91. The van der Waals surface area contributed by atoms with Gasteiger partial charge >= 0.3 is 0 Å². The summed E-state index contributed by atoms with van der Waals surface area (Å²) >= 11 is 0. The van der Waals surface area contributed by atoms with Crippen LogP contribution in [0.2, 0.25) is 0 Å². The number of aliphatic hydroxyl groups is 1. The molecule has 7 atom stereocenters. The molecule has 0 unspecified atom stereocenters. The van der Waals surface area contributed by atoms with Crippen molar-refractivity contribution in [3.63, 3.8) is 0 Å². The predicted molar refractivity (Wildman–Crippen MR) is 87.4 cm³/mol. The molecule has 3 saturated carbocycles. The highest BCUT2D eigenvalue weighted by atomic mass is 16.3. The Balaban J connectivity index is 1.72. The van der Waals surface area contributed by atoms with E-state index in [1.807, 2.05) is 0 Å². The molecule has 0 aromatic heterocycles. The summed E-state index contributed by atoms with van der Waals surface area (Å²) in [6, 6.07) is 0. The topological polar surface area (TPSA) is 37.3 Å². The highest BCUT2D eigenvalue weighted by Gasteiger charge is 2.60. The van der Waals surface area contributed by atoms with Crippen LogP contribution >= 0.6 is 0 Å². The predicted octanol–water partition coefficient (Wildman–Crippen LogP) is 4.90. The minimum atomic E-state index is -0.135. The van der Waals surface area contributed by atoms with Crippen molar-refractivity contribution in [2.45, 2.75) is 65.7 Å². The maximum atomic E-state index is 11.9. The average Bonchev–Trinajstić information content (AvgIpc) is 2.77. The van der Waals surface area contributed by atoms with Crippen molar-refractivity contribution in [3.8, 4) is 0 Å². The standard InChI is InChI=1S/C20H30O2/c1-12-4-7-16-15-6-5-13-10-14(21)11-18(22)20(13,3)17(15)8-9-19(12,16)2/h11-13,15-17,22H,4-10H2,1-3H3/t12-,13+,15+,16+,17+,19-,20+/m1/s1.